The summed E-state index contributed by atoms with van der Waals surface area (Å²) in [5.74, 6) is 1.27. The minimum absolute atomic E-state index is 0.0410. The Bertz CT molecular complexity index is 1250. The van der Waals surface area contributed by atoms with Crippen LogP contribution >= 0.6 is 0 Å². The third-order valence-corrected chi connectivity index (χ3v) is 5.27. The fourth-order valence-corrected chi connectivity index (χ4v) is 3.42. The Hall–Kier alpha value is -4.50. The Balaban J connectivity index is 1.87. The van der Waals surface area contributed by atoms with Gasteiger partial charge in [-0.05, 0) is 66.9 Å². The molecule has 1 N–H and O–H groups in total. The predicted octanol–water partition coefficient (Wildman–Crippen LogP) is 5.87. The minimum atomic E-state index is -0.512. The molecular formula is C29H28N2O4. The smallest absolute Gasteiger partial charge is 0.266 e. The molecule has 0 unspecified atom stereocenters. The van der Waals surface area contributed by atoms with Gasteiger partial charge in [0.2, 0.25) is 0 Å². The number of allylic oxidation sites excluding steroid dienone is 1. The lowest BCUT2D eigenvalue weighted by Gasteiger charge is -2.16. The number of hydrogen-bond donors (Lipinski definition) is 1. The summed E-state index contributed by atoms with van der Waals surface area (Å²) in [6.07, 6.45) is 3.82. The van der Waals surface area contributed by atoms with Crippen LogP contribution in [-0.4, -0.2) is 20.1 Å². The zero-order valence-corrected chi connectivity index (χ0v) is 20.1. The molecule has 0 heterocycles. The van der Waals surface area contributed by atoms with E-state index in [4.69, 9.17) is 14.2 Å². The van der Waals surface area contributed by atoms with Crippen molar-refractivity contribution in [3.8, 4) is 23.3 Å². The zero-order chi connectivity index (χ0) is 25.2. The van der Waals surface area contributed by atoms with Crippen LogP contribution in [0.2, 0.25) is 0 Å². The Kier molecular flexibility index (Phi) is 8.69. The molecule has 3 aromatic rings. The number of anilines is 1. The minimum Gasteiger partial charge on any atom is -0.497 e. The molecule has 0 aliphatic heterocycles. The third kappa shape index (κ3) is 6.75. The summed E-state index contributed by atoms with van der Waals surface area (Å²) in [6, 6.07) is 20.6. The molecule has 178 valence electrons. The lowest BCUT2D eigenvalue weighted by molar-refractivity contribution is -0.112. The number of nitrogens with zero attached hydrogens (tertiary/aromatic N) is 1. The molecule has 3 aromatic carbocycles. The average molecular weight is 469 g/mol. The predicted molar refractivity (Wildman–Crippen MR) is 138 cm³/mol. The van der Waals surface area contributed by atoms with Crippen molar-refractivity contribution in [2.45, 2.75) is 20.0 Å². The number of amides is 1. The van der Waals surface area contributed by atoms with E-state index in [0.717, 1.165) is 11.1 Å². The number of rotatable bonds is 10. The molecular weight excluding hydrogens is 440 g/mol. The molecule has 0 aromatic heterocycles. The average Bonchev–Trinajstić information content (AvgIpc) is 2.87. The number of hydrogen-bond acceptors (Lipinski definition) is 5. The van der Waals surface area contributed by atoms with Crippen molar-refractivity contribution in [3.63, 3.8) is 0 Å². The highest BCUT2D eigenvalue weighted by atomic mass is 16.5. The maximum Gasteiger partial charge on any atom is 0.266 e. The molecule has 0 bridgehead atoms. The first-order valence-electron chi connectivity index (χ1n) is 11.0. The highest BCUT2D eigenvalue weighted by Gasteiger charge is 2.15. The van der Waals surface area contributed by atoms with Gasteiger partial charge in [-0.2, -0.15) is 5.26 Å². The number of nitrogens with one attached hydrogen (secondary N) is 1. The van der Waals surface area contributed by atoms with E-state index in [-0.39, 0.29) is 5.57 Å². The molecule has 0 saturated heterocycles. The van der Waals surface area contributed by atoms with Gasteiger partial charge in [0.1, 0.15) is 24.0 Å². The first-order valence-corrected chi connectivity index (χ1v) is 11.0. The van der Waals surface area contributed by atoms with Gasteiger partial charge in [-0.15, -0.1) is 6.58 Å². The summed E-state index contributed by atoms with van der Waals surface area (Å²) in [6.45, 7) is 6.25. The van der Waals surface area contributed by atoms with Gasteiger partial charge >= 0.3 is 0 Å². The van der Waals surface area contributed by atoms with Crippen LogP contribution in [0, 0.1) is 18.3 Å². The SMILES string of the molecule is C=CCc1cc(/C=C(\C#N)C(=O)Nc2ccc(OC)cc2)cc(OC)c1OCc1ccc(C)cc1. The number of carbonyl (C=O) groups excluding carboxylic acids is 1. The number of ether oxygens (including phenoxy) is 3. The Morgan fingerprint density at radius 2 is 1.77 bits per heavy atom. The van der Waals surface area contributed by atoms with Gasteiger partial charge in [-0.3, -0.25) is 4.79 Å². The normalized spacial score (nSPS) is 10.7. The summed E-state index contributed by atoms with van der Waals surface area (Å²) in [5, 5.41) is 12.4. The number of benzene rings is 3. The first-order chi connectivity index (χ1) is 17.0. The lowest BCUT2D eigenvalue weighted by Crippen LogP contribution is -2.13. The Labute approximate surface area is 206 Å². The van der Waals surface area contributed by atoms with Crippen molar-refractivity contribution < 1.29 is 19.0 Å². The van der Waals surface area contributed by atoms with E-state index in [2.05, 4.69) is 11.9 Å². The number of methoxy groups -OCH3 is 2. The standard InChI is InChI=1S/C29H28N2O4/c1-5-6-23-15-22(16-24(18-30)29(32)31-25-11-13-26(33-3)14-12-25)17-27(34-4)28(23)35-19-21-9-7-20(2)8-10-21/h5,7-17H,1,6,19H2,2-4H3,(H,31,32)/b24-16+. The molecule has 1 amide bonds. The Morgan fingerprint density at radius 1 is 1.06 bits per heavy atom. The maximum atomic E-state index is 12.7. The summed E-state index contributed by atoms with van der Waals surface area (Å²) in [4.78, 5) is 12.7. The molecule has 6 heteroatoms. The maximum absolute atomic E-state index is 12.7. The first kappa shape index (κ1) is 25.1. The summed E-state index contributed by atoms with van der Waals surface area (Å²) in [7, 11) is 3.12. The van der Waals surface area contributed by atoms with Gasteiger partial charge in [0.05, 0.1) is 14.2 Å². The van der Waals surface area contributed by atoms with Crippen molar-refractivity contribution in [2.24, 2.45) is 0 Å². The molecule has 6 nitrogen and oxygen atoms in total. The van der Waals surface area contributed by atoms with Crippen molar-refractivity contribution in [1.29, 1.82) is 5.26 Å². The lowest BCUT2D eigenvalue weighted by atomic mass is 10.0. The molecule has 0 aliphatic carbocycles. The molecule has 0 spiro atoms. The van der Waals surface area contributed by atoms with Crippen molar-refractivity contribution in [2.75, 3.05) is 19.5 Å². The quantitative estimate of drug-likeness (QED) is 0.229. The van der Waals surface area contributed by atoms with Crippen molar-refractivity contribution >= 4 is 17.7 Å². The highest BCUT2D eigenvalue weighted by molar-refractivity contribution is 6.09. The molecule has 35 heavy (non-hydrogen) atoms. The summed E-state index contributed by atoms with van der Waals surface area (Å²) < 4.78 is 16.8. The fraction of sp³-hybridized carbons (Fsp3) is 0.172. The summed E-state index contributed by atoms with van der Waals surface area (Å²) in [5.41, 5.74) is 4.21. The van der Waals surface area contributed by atoms with E-state index < -0.39 is 5.91 Å². The third-order valence-electron chi connectivity index (χ3n) is 5.27. The largest absolute Gasteiger partial charge is 0.497 e. The molecule has 0 radical (unpaired) electrons. The second-order valence-corrected chi connectivity index (χ2v) is 7.83. The molecule has 0 fully saturated rings. The number of aryl methyl sites for hydroxylation is 1. The van der Waals surface area contributed by atoms with Gasteiger partial charge in [0.25, 0.3) is 5.91 Å². The van der Waals surface area contributed by atoms with Gasteiger partial charge in [-0.1, -0.05) is 35.9 Å². The highest BCUT2D eigenvalue weighted by Crippen LogP contribution is 2.35. The van der Waals surface area contributed by atoms with E-state index in [0.29, 0.717) is 41.5 Å². The molecule has 0 atom stereocenters. The second-order valence-electron chi connectivity index (χ2n) is 7.83. The van der Waals surface area contributed by atoms with Gasteiger partial charge in [-0.25, -0.2) is 0 Å². The van der Waals surface area contributed by atoms with Crippen LogP contribution in [0.5, 0.6) is 17.2 Å². The van der Waals surface area contributed by atoms with E-state index in [1.165, 1.54) is 11.6 Å². The monoisotopic (exact) mass is 468 g/mol. The fourth-order valence-electron chi connectivity index (χ4n) is 3.42. The van der Waals surface area contributed by atoms with Gasteiger partial charge in [0.15, 0.2) is 11.5 Å². The number of carbonyl (C=O) groups is 1. The molecule has 0 saturated carbocycles. The van der Waals surface area contributed by atoms with Crippen LogP contribution in [0.1, 0.15) is 22.3 Å². The van der Waals surface area contributed by atoms with Crippen LogP contribution < -0.4 is 19.5 Å². The number of nitriles is 1. The Morgan fingerprint density at radius 3 is 2.37 bits per heavy atom. The van der Waals surface area contributed by atoms with Crippen LogP contribution in [-0.2, 0) is 17.8 Å². The van der Waals surface area contributed by atoms with Crippen LogP contribution in [0.25, 0.3) is 6.08 Å². The van der Waals surface area contributed by atoms with Crippen LogP contribution in [0.15, 0.2) is 78.9 Å². The van der Waals surface area contributed by atoms with E-state index >= 15 is 0 Å². The topological polar surface area (TPSA) is 80.6 Å². The van der Waals surface area contributed by atoms with Crippen molar-refractivity contribution in [3.05, 3.63) is 101 Å². The molecule has 3 rings (SSSR count). The van der Waals surface area contributed by atoms with E-state index in [1.807, 2.05) is 43.3 Å². The van der Waals surface area contributed by atoms with E-state index in [9.17, 15) is 10.1 Å². The van der Waals surface area contributed by atoms with Gasteiger partial charge < -0.3 is 19.5 Å². The van der Waals surface area contributed by atoms with Gasteiger partial charge in [0, 0.05) is 11.3 Å². The second kappa shape index (κ2) is 12.1. The van der Waals surface area contributed by atoms with Crippen LogP contribution in [0.3, 0.4) is 0 Å². The summed E-state index contributed by atoms with van der Waals surface area (Å²) >= 11 is 0. The van der Waals surface area contributed by atoms with Crippen molar-refractivity contribution in [1.82, 2.24) is 0 Å². The zero-order valence-electron chi connectivity index (χ0n) is 20.1. The van der Waals surface area contributed by atoms with Crippen LogP contribution in [0.4, 0.5) is 5.69 Å². The molecule has 0 aliphatic rings. The van der Waals surface area contributed by atoms with E-state index in [1.54, 1.807) is 50.6 Å².